The fourth-order valence-corrected chi connectivity index (χ4v) is 3.20. The average molecular weight is 325 g/mol. The first kappa shape index (κ1) is 16.8. The van der Waals surface area contributed by atoms with Crippen molar-refractivity contribution in [2.45, 2.75) is 39.5 Å². The van der Waals surface area contributed by atoms with Gasteiger partial charge in [0.15, 0.2) is 0 Å². The number of anilines is 1. The lowest BCUT2D eigenvalue weighted by atomic mass is 10.1. The molecule has 5 heteroatoms. The first-order valence-electron chi connectivity index (χ1n) is 9.01. The standard InChI is InChI=1S/C19H27N5/c1-3-20-19-17(14-21-15(2)23-19)18-9-8-16(13-22-18)7-6-12-24-10-4-5-11-24/h8-9,13-14H,3-7,10-12H2,1-2H3,(H,20,21,23). The molecule has 0 bridgehead atoms. The van der Waals surface area contributed by atoms with Crippen LogP contribution >= 0.6 is 0 Å². The lowest BCUT2D eigenvalue weighted by molar-refractivity contribution is 0.334. The summed E-state index contributed by atoms with van der Waals surface area (Å²) in [7, 11) is 0. The Morgan fingerprint density at radius 1 is 1.12 bits per heavy atom. The molecular formula is C19H27N5. The summed E-state index contributed by atoms with van der Waals surface area (Å²) in [6, 6.07) is 4.27. The van der Waals surface area contributed by atoms with E-state index in [0.717, 1.165) is 35.9 Å². The van der Waals surface area contributed by atoms with Gasteiger partial charge in [0, 0.05) is 18.9 Å². The van der Waals surface area contributed by atoms with E-state index in [2.05, 4.69) is 44.2 Å². The smallest absolute Gasteiger partial charge is 0.139 e. The largest absolute Gasteiger partial charge is 0.370 e. The van der Waals surface area contributed by atoms with Gasteiger partial charge in [0.05, 0.1) is 11.3 Å². The van der Waals surface area contributed by atoms with Crippen molar-refractivity contribution >= 4 is 5.82 Å². The van der Waals surface area contributed by atoms with Crippen LogP contribution in [-0.2, 0) is 6.42 Å². The molecule has 0 aliphatic carbocycles. The molecule has 3 rings (SSSR count). The zero-order valence-electron chi connectivity index (χ0n) is 14.8. The molecule has 2 aromatic heterocycles. The SMILES string of the molecule is CCNc1nc(C)ncc1-c1ccc(CCCN2CCCC2)cn1. The Labute approximate surface area is 144 Å². The number of nitrogens with one attached hydrogen (secondary N) is 1. The molecule has 0 radical (unpaired) electrons. The van der Waals surface area contributed by atoms with Crippen LogP contribution in [0.2, 0.25) is 0 Å². The zero-order valence-corrected chi connectivity index (χ0v) is 14.8. The summed E-state index contributed by atoms with van der Waals surface area (Å²) >= 11 is 0. The summed E-state index contributed by atoms with van der Waals surface area (Å²) in [5, 5.41) is 3.30. The van der Waals surface area contributed by atoms with Gasteiger partial charge < -0.3 is 10.2 Å². The zero-order chi connectivity index (χ0) is 16.8. The molecule has 3 heterocycles. The van der Waals surface area contributed by atoms with Crippen molar-refractivity contribution < 1.29 is 0 Å². The van der Waals surface area contributed by atoms with Gasteiger partial charge in [-0.15, -0.1) is 0 Å². The van der Waals surface area contributed by atoms with Gasteiger partial charge in [-0.2, -0.15) is 0 Å². The molecule has 2 aromatic rings. The van der Waals surface area contributed by atoms with Crippen LogP contribution in [-0.4, -0.2) is 46.0 Å². The van der Waals surface area contributed by atoms with Gasteiger partial charge in [-0.05, 0) is 70.8 Å². The van der Waals surface area contributed by atoms with Crippen molar-refractivity contribution in [3.63, 3.8) is 0 Å². The minimum absolute atomic E-state index is 0.772. The van der Waals surface area contributed by atoms with Crippen LogP contribution in [0.25, 0.3) is 11.3 Å². The number of rotatable bonds is 7. The molecule has 1 N–H and O–H groups in total. The van der Waals surface area contributed by atoms with Crippen molar-refractivity contribution in [2.75, 3.05) is 31.5 Å². The number of pyridine rings is 1. The molecule has 1 aliphatic rings. The van der Waals surface area contributed by atoms with E-state index < -0.39 is 0 Å². The molecule has 5 nitrogen and oxygen atoms in total. The van der Waals surface area contributed by atoms with Gasteiger partial charge in [-0.3, -0.25) is 4.98 Å². The van der Waals surface area contributed by atoms with Gasteiger partial charge in [0.2, 0.25) is 0 Å². The average Bonchev–Trinajstić information content (AvgIpc) is 3.10. The van der Waals surface area contributed by atoms with Gasteiger partial charge in [-0.1, -0.05) is 6.07 Å². The maximum absolute atomic E-state index is 4.64. The summed E-state index contributed by atoms with van der Waals surface area (Å²) in [6.07, 6.45) is 8.88. The molecule has 1 aliphatic heterocycles. The van der Waals surface area contributed by atoms with Crippen LogP contribution in [0.3, 0.4) is 0 Å². The minimum atomic E-state index is 0.772. The van der Waals surface area contributed by atoms with Gasteiger partial charge in [-0.25, -0.2) is 9.97 Å². The first-order valence-corrected chi connectivity index (χ1v) is 9.01. The monoisotopic (exact) mass is 325 g/mol. The number of likely N-dealkylation sites (tertiary alicyclic amines) is 1. The van der Waals surface area contributed by atoms with E-state index in [1.54, 1.807) is 0 Å². The van der Waals surface area contributed by atoms with E-state index in [1.807, 2.05) is 19.3 Å². The van der Waals surface area contributed by atoms with E-state index in [4.69, 9.17) is 0 Å². The number of hydrogen-bond acceptors (Lipinski definition) is 5. The van der Waals surface area contributed by atoms with Gasteiger partial charge >= 0.3 is 0 Å². The van der Waals surface area contributed by atoms with Crippen LogP contribution in [0.15, 0.2) is 24.5 Å². The van der Waals surface area contributed by atoms with Crippen molar-refractivity contribution in [1.82, 2.24) is 19.9 Å². The van der Waals surface area contributed by atoms with E-state index in [-0.39, 0.29) is 0 Å². The Bertz CT molecular complexity index is 647. The second-order valence-electron chi connectivity index (χ2n) is 6.41. The number of nitrogens with zero attached hydrogens (tertiary/aromatic N) is 4. The molecule has 0 unspecified atom stereocenters. The minimum Gasteiger partial charge on any atom is -0.370 e. The molecule has 1 fully saturated rings. The molecule has 128 valence electrons. The van der Waals surface area contributed by atoms with Crippen molar-refractivity contribution in [1.29, 1.82) is 0 Å². The van der Waals surface area contributed by atoms with Gasteiger partial charge in [0.25, 0.3) is 0 Å². The second kappa shape index (κ2) is 8.20. The Hall–Kier alpha value is -2.01. The summed E-state index contributed by atoms with van der Waals surface area (Å²) in [5.41, 5.74) is 3.19. The highest BCUT2D eigenvalue weighted by molar-refractivity contribution is 5.71. The van der Waals surface area contributed by atoms with Crippen LogP contribution < -0.4 is 5.32 Å². The predicted octanol–water partition coefficient (Wildman–Crippen LogP) is 3.31. The highest BCUT2D eigenvalue weighted by Gasteiger charge is 2.11. The van der Waals surface area contributed by atoms with Crippen molar-refractivity contribution in [2.24, 2.45) is 0 Å². The van der Waals surface area contributed by atoms with Crippen LogP contribution in [0.1, 0.15) is 37.6 Å². The Kier molecular flexibility index (Phi) is 5.75. The molecule has 0 amide bonds. The Morgan fingerprint density at radius 2 is 1.96 bits per heavy atom. The maximum Gasteiger partial charge on any atom is 0.139 e. The first-order chi connectivity index (χ1) is 11.8. The van der Waals surface area contributed by atoms with E-state index >= 15 is 0 Å². The number of aromatic nitrogens is 3. The summed E-state index contributed by atoms with van der Waals surface area (Å²) in [4.78, 5) is 16.0. The topological polar surface area (TPSA) is 53.9 Å². The molecule has 0 saturated carbocycles. The third-order valence-corrected chi connectivity index (χ3v) is 4.49. The lowest BCUT2D eigenvalue weighted by Gasteiger charge is -2.14. The maximum atomic E-state index is 4.64. The number of aryl methyl sites for hydroxylation is 2. The van der Waals surface area contributed by atoms with E-state index in [9.17, 15) is 0 Å². The quantitative estimate of drug-likeness (QED) is 0.846. The molecule has 1 saturated heterocycles. The highest BCUT2D eigenvalue weighted by Crippen LogP contribution is 2.24. The second-order valence-corrected chi connectivity index (χ2v) is 6.41. The van der Waals surface area contributed by atoms with Gasteiger partial charge in [0.1, 0.15) is 11.6 Å². The Morgan fingerprint density at radius 3 is 2.67 bits per heavy atom. The molecule has 0 atom stereocenters. The fraction of sp³-hybridized carbons (Fsp3) is 0.526. The predicted molar refractivity (Wildman–Crippen MR) is 98.2 cm³/mol. The molecule has 24 heavy (non-hydrogen) atoms. The summed E-state index contributed by atoms with van der Waals surface area (Å²) in [6.45, 7) is 8.56. The number of hydrogen-bond donors (Lipinski definition) is 1. The normalized spacial score (nSPS) is 14.9. The van der Waals surface area contributed by atoms with Crippen LogP contribution in [0.4, 0.5) is 5.82 Å². The van der Waals surface area contributed by atoms with E-state index in [1.165, 1.54) is 44.5 Å². The molecule has 0 aromatic carbocycles. The summed E-state index contributed by atoms with van der Waals surface area (Å²) in [5.74, 6) is 1.63. The Balaban J connectivity index is 1.63. The molecular weight excluding hydrogens is 298 g/mol. The molecule has 0 spiro atoms. The highest BCUT2D eigenvalue weighted by atomic mass is 15.1. The lowest BCUT2D eigenvalue weighted by Crippen LogP contribution is -2.20. The van der Waals surface area contributed by atoms with E-state index in [0.29, 0.717) is 0 Å². The van der Waals surface area contributed by atoms with Crippen LogP contribution in [0.5, 0.6) is 0 Å². The van der Waals surface area contributed by atoms with Crippen molar-refractivity contribution in [3.05, 3.63) is 35.9 Å². The van der Waals surface area contributed by atoms with Crippen molar-refractivity contribution in [3.8, 4) is 11.3 Å². The third kappa shape index (κ3) is 4.29. The fourth-order valence-electron chi connectivity index (χ4n) is 3.20. The summed E-state index contributed by atoms with van der Waals surface area (Å²) < 4.78 is 0. The van der Waals surface area contributed by atoms with Crippen LogP contribution in [0, 0.1) is 6.92 Å². The third-order valence-electron chi connectivity index (χ3n) is 4.49.